The Labute approximate surface area is 87.3 Å². The number of hydrogen-bond acceptors (Lipinski definition) is 5. The Hall–Kier alpha value is -2.14. The first-order chi connectivity index (χ1) is 7.38. The van der Waals surface area contributed by atoms with Crippen molar-refractivity contribution in [3.05, 3.63) is 42.6 Å². The molecule has 5 nitrogen and oxygen atoms in total. The molecule has 0 bridgehead atoms. The smallest absolute Gasteiger partial charge is 0.164 e. The molecule has 1 heterocycles. The van der Waals surface area contributed by atoms with Gasteiger partial charge in [0, 0.05) is 11.8 Å². The molecule has 76 valence electrons. The number of para-hydroxylation sites is 1. The Morgan fingerprint density at radius 3 is 2.60 bits per heavy atom. The van der Waals surface area contributed by atoms with Gasteiger partial charge in [0.25, 0.3) is 0 Å². The van der Waals surface area contributed by atoms with Gasteiger partial charge in [-0.2, -0.15) is 5.10 Å². The lowest BCUT2D eigenvalue weighted by molar-refractivity contribution is 1.02. The van der Waals surface area contributed by atoms with Crippen LogP contribution in [0.4, 0.5) is 17.2 Å². The lowest BCUT2D eigenvalue weighted by atomic mass is 10.3. The molecule has 1 aromatic heterocycles. The predicted molar refractivity (Wildman–Crippen MR) is 59.6 cm³/mol. The highest BCUT2D eigenvalue weighted by Gasteiger charge is 1.96. The first-order valence-corrected chi connectivity index (χ1v) is 4.50. The van der Waals surface area contributed by atoms with Gasteiger partial charge in [-0.3, -0.25) is 0 Å². The minimum Gasteiger partial charge on any atom is -0.354 e. The molecule has 0 saturated carbocycles. The number of hydrazine groups is 1. The lowest BCUT2D eigenvalue weighted by Gasteiger charge is -2.06. The van der Waals surface area contributed by atoms with E-state index in [9.17, 15) is 0 Å². The number of nitrogen functional groups attached to an aromatic ring is 1. The van der Waals surface area contributed by atoms with Crippen molar-refractivity contribution in [1.82, 2.24) is 10.2 Å². The largest absolute Gasteiger partial charge is 0.354 e. The Morgan fingerprint density at radius 2 is 1.87 bits per heavy atom. The summed E-state index contributed by atoms with van der Waals surface area (Å²) in [5.41, 5.74) is 4.27. The molecule has 2 rings (SSSR count). The summed E-state index contributed by atoms with van der Waals surface area (Å²) in [4.78, 5) is 0. The van der Waals surface area contributed by atoms with E-state index >= 15 is 0 Å². The van der Waals surface area contributed by atoms with Crippen molar-refractivity contribution in [3.8, 4) is 0 Å². The fourth-order valence-electron chi connectivity index (χ4n) is 1.19. The van der Waals surface area contributed by atoms with Crippen molar-refractivity contribution in [2.75, 3.05) is 10.7 Å². The maximum atomic E-state index is 5.23. The van der Waals surface area contributed by atoms with Crippen LogP contribution in [0.1, 0.15) is 0 Å². The molecule has 0 unspecified atom stereocenters. The van der Waals surface area contributed by atoms with Crippen molar-refractivity contribution >= 4 is 17.2 Å². The molecule has 0 spiro atoms. The van der Waals surface area contributed by atoms with E-state index in [1.807, 2.05) is 30.3 Å². The molecule has 0 amide bonds. The molecule has 0 aliphatic rings. The molecule has 4 N–H and O–H groups in total. The number of anilines is 3. The third-order valence-electron chi connectivity index (χ3n) is 1.86. The van der Waals surface area contributed by atoms with Gasteiger partial charge in [0.2, 0.25) is 0 Å². The molecule has 0 saturated heterocycles. The van der Waals surface area contributed by atoms with Crippen LogP contribution in [-0.4, -0.2) is 10.2 Å². The van der Waals surface area contributed by atoms with E-state index in [0.717, 1.165) is 11.4 Å². The van der Waals surface area contributed by atoms with Crippen molar-refractivity contribution in [2.24, 2.45) is 5.84 Å². The van der Waals surface area contributed by atoms with Crippen LogP contribution in [0, 0.1) is 0 Å². The van der Waals surface area contributed by atoms with Gasteiger partial charge in [0.05, 0.1) is 11.9 Å². The standard InChI is InChI=1S/C10H11N5/c11-14-10-6-9(7-12-15-10)13-8-4-2-1-3-5-8/h1-7H,11H2,(H2,13,14,15). The van der Waals surface area contributed by atoms with Crippen LogP contribution in [0.25, 0.3) is 0 Å². The SMILES string of the molecule is NNc1cc(Nc2ccccc2)cnn1. The zero-order chi connectivity index (χ0) is 10.5. The summed E-state index contributed by atoms with van der Waals surface area (Å²) in [7, 11) is 0. The molecule has 0 atom stereocenters. The molecular weight excluding hydrogens is 190 g/mol. The number of nitrogens with two attached hydrogens (primary N) is 1. The van der Waals surface area contributed by atoms with E-state index in [1.54, 1.807) is 12.3 Å². The topological polar surface area (TPSA) is 75.9 Å². The zero-order valence-electron chi connectivity index (χ0n) is 8.01. The average Bonchev–Trinajstić information content (AvgIpc) is 2.31. The molecule has 15 heavy (non-hydrogen) atoms. The fourth-order valence-corrected chi connectivity index (χ4v) is 1.19. The molecular formula is C10H11N5. The number of aromatic nitrogens is 2. The van der Waals surface area contributed by atoms with Gasteiger partial charge in [-0.25, -0.2) is 5.84 Å². The van der Waals surface area contributed by atoms with Crippen molar-refractivity contribution in [2.45, 2.75) is 0 Å². The summed E-state index contributed by atoms with van der Waals surface area (Å²) in [5, 5.41) is 10.8. The molecule has 0 aliphatic carbocycles. The average molecular weight is 201 g/mol. The molecule has 0 aliphatic heterocycles. The van der Waals surface area contributed by atoms with E-state index in [-0.39, 0.29) is 0 Å². The Balaban J connectivity index is 2.17. The number of benzene rings is 1. The fraction of sp³-hybridized carbons (Fsp3) is 0. The van der Waals surface area contributed by atoms with E-state index in [4.69, 9.17) is 5.84 Å². The Morgan fingerprint density at radius 1 is 1.07 bits per heavy atom. The number of rotatable bonds is 3. The van der Waals surface area contributed by atoms with E-state index < -0.39 is 0 Å². The second kappa shape index (κ2) is 4.39. The van der Waals surface area contributed by atoms with Gasteiger partial charge < -0.3 is 10.7 Å². The summed E-state index contributed by atoms with van der Waals surface area (Å²) >= 11 is 0. The highest BCUT2D eigenvalue weighted by molar-refractivity contribution is 5.60. The number of nitrogens with zero attached hydrogens (tertiary/aromatic N) is 2. The molecule has 1 aromatic carbocycles. The third-order valence-corrected chi connectivity index (χ3v) is 1.86. The highest BCUT2D eigenvalue weighted by atomic mass is 15.3. The van der Waals surface area contributed by atoms with Crippen molar-refractivity contribution in [1.29, 1.82) is 0 Å². The van der Waals surface area contributed by atoms with Crippen LogP contribution in [0.3, 0.4) is 0 Å². The quantitative estimate of drug-likeness (QED) is 0.518. The van der Waals surface area contributed by atoms with Gasteiger partial charge in [-0.1, -0.05) is 18.2 Å². The maximum absolute atomic E-state index is 5.23. The minimum atomic E-state index is 0.524. The molecule has 0 fully saturated rings. The highest BCUT2D eigenvalue weighted by Crippen LogP contribution is 2.16. The first-order valence-electron chi connectivity index (χ1n) is 4.50. The molecule has 5 heteroatoms. The molecule has 2 aromatic rings. The Kier molecular flexibility index (Phi) is 2.75. The summed E-state index contributed by atoms with van der Waals surface area (Å²) in [6.45, 7) is 0. The van der Waals surface area contributed by atoms with Crippen LogP contribution in [0.2, 0.25) is 0 Å². The monoisotopic (exact) mass is 201 g/mol. The summed E-state index contributed by atoms with van der Waals surface area (Å²) in [6, 6.07) is 11.6. The predicted octanol–water partition coefficient (Wildman–Crippen LogP) is 1.51. The normalized spacial score (nSPS) is 9.67. The van der Waals surface area contributed by atoms with Gasteiger partial charge in [0.15, 0.2) is 5.82 Å². The van der Waals surface area contributed by atoms with Crippen LogP contribution >= 0.6 is 0 Å². The summed E-state index contributed by atoms with van der Waals surface area (Å²) in [5.74, 6) is 5.76. The molecule has 0 radical (unpaired) electrons. The summed E-state index contributed by atoms with van der Waals surface area (Å²) in [6.07, 6.45) is 1.63. The van der Waals surface area contributed by atoms with Crippen molar-refractivity contribution in [3.63, 3.8) is 0 Å². The second-order valence-corrected chi connectivity index (χ2v) is 2.96. The van der Waals surface area contributed by atoms with Crippen molar-refractivity contribution < 1.29 is 0 Å². The number of hydrogen-bond donors (Lipinski definition) is 3. The number of nitrogens with one attached hydrogen (secondary N) is 2. The maximum Gasteiger partial charge on any atom is 0.164 e. The second-order valence-electron chi connectivity index (χ2n) is 2.96. The third kappa shape index (κ3) is 2.41. The van der Waals surface area contributed by atoms with Crippen LogP contribution in [0.5, 0.6) is 0 Å². The van der Waals surface area contributed by atoms with Gasteiger partial charge in [-0.05, 0) is 12.1 Å². The van der Waals surface area contributed by atoms with E-state index in [2.05, 4.69) is 20.9 Å². The Bertz CT molecular complexity index is 429. The van der Waals surface area contributed by atoms with Gasteiger partial charge >= 0.3 is 0 Å². The first kappa shape index (κ1) is 9.42. The summed E-state index contributed by atoms with van der Waals surface area (Å²) < 4.78 is 0. The van der Waals surface area contributed by atoms with E-state index in [1.165, 1.54) is 0 Å². The zero-order valence-corrected chi connectivity index (χ0v) is 8.01. The van der Waals surface area contributed by atoms with Crippen LogP contribution in [-0.2, 0) is 0 Å². The van der Waals surface area contributed by atoms with Gasteiger partial charge in [0.1, 0.15) is 0 Å². The van der Waals surface area contributed by atoms with E-state index in [0.29, 0.717) is 5.82 Å². The van der Waals surface area contributed by atoms with Crippen LogP contribution < -0.4 is 16.6 Å². The lowest BCUT2D eigenvalue weighted by Crippen LogP contribution is -2.09. The van der Waals surface area contributed by atoms with Gasteiger partial charge in [-0.15, -0.1) is 5.10 Å². The minimum absolute atomic E-state index is 0.524. The van der Waals surface area contributed by atoms with Crippen LogP contribution in [0.15, 0.2) is 42.6 Å².